The number of anilines is 1. The minimum absolute atomic E-state index is 0.0116. The minimum atomic E-state index is -0.613. The van der Waals surface area contributed by atoms with Gasteiger partial charge in [-0.05, 0) is 47.6 Å². The second kappa shape index (κ2) is 8.28. The van der Waals surface area contributed by atoms with Gasteiger partial charge in [0.15, 0.2) is 0 Å². The van der Waals surface area contributed by atoms with Crippen molar-refractivity contribution in [1.29, 1.82) is 0 Å². The van der Waals surface area contributed by atoms with Crippen molar-refractivity contribution in [1.82, 2.24) is 9.78 Å². The first kappa shape index (κ1) is 20.5. The maximum Gasteiger partial charge on any atom is 0.412 e. The molecule has 27 heavy (non-hydrogen) atoms. The Hall–Kier alpha value is -2.77. The number of ether oxygens (including phenoxy) is 3. The van der Waals surface area contributed by atoms with Gasteiger partial charge in [-0.2, -0.15) is 5.10 Å². The average molecular weight is 377 g/mol. The molecule has 0 radical (unpaired) electrons. The van der Waals surface area contributed by atoms with E-state index in [9.17, 15) is 9.59 Å². The van der Waals surface area contributed by atoms with Crippen LogP contribution in [-0.4, -0.2) is 40.2 Å². The van der Waals surface area contributed by atoms with E-state index < -0.39 is 11.7 Å². The van der Waals surface area contributed by atoms with E-state index >= 15 is 0 Å². The molecule has 0 bridgehead atoms. The van der Waals surface area contributed by atoms with E-state index in [4.69, 9.17) is 14.2 Å². The van der Waals surface area contributed by atoms with Crippen molar-refractivity contribution < 1.29 is 23.8 Å². The lowest BCUT2D eigenvalue weighted by Gasteiger charge is -2.21. The highest BCUT2D eigenvalue weighted by molar-refractivity contribution is 5.93. The Bertz CT molecular complexity index is 821. The summed E-state index contributed by atoms with van der Waals surface area (Å²) in [6.07, 6.45) is 1.05. The van der Waals surface area contributed by atoms with Crippen LogP contribution in [0, 0.1) is 0 Å². The van der Waals surface area contributed by atoms with Crippen LogP contribution in [0.5, 0.6) is 5.75 Å². The number of esters is 1. The molecule has 8 nitrogen and oxygen atoms in total. The average Bonchev–Trinajstić information content (AvgIpc) is 2.86. The summed E-state index contributed by atoms with van der Waals surface area (Å²) in [6, 6.07) is 3.47. The van der Waals surface area contributed by atoms with Gasteiger partial charge in [0.2, 0.25) is 0 Å². The normalized spacial score (nSPS) is 11.5. The predicted molar refractivity (Wildman–Crippen MR) is 102 cm³/mol. The summed E-state index contributed by atoms with van der Waals surface area (Å²) in [4.78, 5) is 23.8. The minimum Gasteiger partial charge on any atom is -0.489 e. The monoisotopic (exact) mass is 377 g/mol. The number of nitrogens with zero attached hydrogens (tertiary/aromatic N) is 2. The standard InChI is InChI=1S/C19H27N3O5/c1-7-25-17(23)11-22-10-13-8-15(20-18(24)27-19(4,5)6)16(26-12(2)3)9-14(13)21-22/h8-10,12H,7,11H2,1-6H3,(H,20,24). The van der Waals surface area contributed by atoms with Crippen molar-refractivity contribution in [3.8, 4) is 5.75 Å². The fourth-order valence-electron chi connectivity index (χ4n) is 2.39. The van der Waals surface area contributed by atoms with Crippen LogP contribution in [0.15, 0.2) is 18.3 Å². The highest BCUT2D eigenvalue weighted by Gasteiger charge is 2.19. The molecule has 0 saturated heterocycles. The Labute approximate surface area is 158 Å². The van der Waals surface area contributed by atoms with Crippen molar-refractivity contribution in [2.75, 3.05) is 11.9 Å². The van der Waals surface area contributed by atoms with Crippen molar-refractivity contribution in [2.45, 2.75) is 59.8 Å². The van der Waals surface area contributed by atoms with Gasteiger partial charge in [0, 0.05) is 17.6 Å². The third-order valence-electron chi connectivity index (χ3n) is 3.25. The number of rotatable bonds is 6. The Morgan fingerprint density at radius 2 is 1.96 bits per heavy atom. The lowest BCUT2D eigenvalue weighted by molar-refractivity contribution is -0.144. The van der Waals surface area contributed by atoms with E-state index in [-0.39, 0.29) is 18.6 Å². The molecule has 1 N–H and O–H groups in total. The summed E-state index contributed by atoms with van der Waals surface area (Å²) in [5.41, 5.74) is 0.503. The number of benzene rings is 1. The summed E-state index contributed by atoms with van der Waals surface area (Å²) in [7, 11) is 0. The molecule has 0 atom stereocenters. The van der Waals surface area contributed by atoms with E-state index in [0.717, 1.165) is 5.39 Å². The van der Waals surface area contributed by atoms with Gasteiger partial charge in [-0.1, -0.05) is 0 Å². The smallest absolute Gasteiger partial charge is 0.412 e. The van der Waals surface area contributed by atoms with Crippen molar-refractivity contribution in [3.05, 3.63) is 18.3 Å². The number of carbonyl (C=O) groups excluding carboxylic acids is 2. The molecule has 0 saturated carbocycles. The zero-order chi connectivity index (χ0) is 20.2. The van der Waals surface area contributed by atoms with Crippen molar-refractivity contribution in [3.63, 3.8) is 0 Å². The van der Waals surface area contributed by atoms with Gasteiger partial charge in [0.1, 0.15) is 17.9 Å². The first-order valence-corrected chi connectivity index (χ1v) is 8.91. The highest BCUT2D eigenvalue weighted by atomic mass is 16.6. The largest absolute Gasteiger partial charge is 0.489 e. The molecule has 148 valence electrons. The van der Waals surface area contributed by atoms with Gasteiger partial charge in [-0.15, -0.1) is 0 Å². The van der Waals surface area contributed by atoms with Crippen molar-refractivity contribution >= 4 is 28.7 Å². The van der Waals surface area contributed by atoms with Gasteiger partial charge in [0.25, 0.3) is 0 Å². The Morgan fingerprint density at radius 3 is 2.56 bits per heavy atom. The van der Waals surface area contributed by atoms with Gasteiger partial charge >= 0.3 is 12.1 Å². The van der Waals surface area contributed by atoms with Crippen LogP contribution in [0.3, 0.4) is 0 Å². The summed E-state index contributed by atoms with van der Waals surface area (Å²) in [6.45, 7) is 11.2. The van der Waals surface area contributed by atoms with E-state index in [2.05, 4.69) is 10.4 Å². The number of carbonyl (C=O) groups is 2. The molecular weight excluding hydrogens is 350 g/mol. The third-order valence-corrected chi connectivity index (χ3v) is 3.25. The van der Waals surface area contributed by atoms with E-state index in [0.29, 0.717) is 23.6 Å². The van der Waals surface area contributed by atoms with Crippen LogP contribution in [-0.2, 0) is 20.8 Å². The number of nitrogens with one attached hydrogen (secondary N) is 1. The maximum absolute atomic E-state index is 12.2. The Kier molecular flexibility index (Phi) is 6.30. The second-order valence-corrected chi connectivity index (χ2v) is 7.33. The molecule has 0 aliphatic rings. The van der Waals surface area contributed by atoms with Crippen LogP contribution in [0.4, 0.5) is 10.5 Å². The molecule has 1 aromatic heterocycles. The van der Waals surface area contributed by atoms with E-state index in [1.807, 2.05) is 13.8 Å². The molecule has 8 heteroatoms. The third kappa shape index (κ3) is 6.16. The molecule has 0 aliphatic carbocycles. The number of aromatic nitrogens is 2. The molecule has 1 aromatic carbocycles. The quantitative estimate of drug-likeness (QED) is 0.771. The van der Waals surface area contributed by atoms with Crippen LogP contribution < -0.4 is 10.1 Å². The van der Waals surface area contributed by atoms with Gasteiger partial charge in [-0.25, -0.2) is 4.79 Å². The molecule has 2 rings (SSSR count). The maximum atomic E-state index is 12.2. The van der Waals surface area contributed by atoms with Gasteiger partial charge in [-0.3, -0.25) is 14.8 Å². The SMILES string of the molecule is CCOC(=O)Cn1cc2cc(NC(=O)OC(C)(C)C)c(OC(C)C)cc2n1. The highest BCUT2D eigenvalue weighted by Crippen LogP contribution is 2.31. The first-order valence-electron chi connectivity index (χ1n) is 8.91. The topological polar surface area (TPSA) is 91.7 Å². The van der Waals surface area contributed by atoms with E-state index in [1.165, 1.54) is 4.68 Å². The summed E-state index contributed by atoms with van der Waals surface area (Å²) >= 11 is 0. The molecule has 0 fully saturated rings. The Morgan fingerprint density at radius 1 is 1.26 bits per heavy atom. The molecule has 1 amide bonds. The van der Waals surface area contributed by atoms with Crippen LogP contribution in [0.1, 0.15) is 41.5 Å². The number of hydrogen-bond acceptors (Lipinski definition) is 6. The zero-order valence-corrected chi connectivity index (χ0v) is 16.7. The summed E-state index contributed by atoms with van der Waals surface area (Å²) < 4.78 is 17.6. The second-order valence-electron chi connectivity index (χ2n) is 7.33. The number of fused-ring (bicyclic) bond motifs is 1. The van der Waals surface area contributed by atoms with Gasteiger partial charge in [0.05, 0.1) is 23.9 Å². The summed E-state index contributed by atoms with van der Waals surface area (Å²) in [5, 5.41) is 7.85. The fraction of sp³-hybridized carbons (Fsp3) is 0.526. The number of amides is 1. The van der Waals surface area contributed by atoms with Crippen LogP contribution in [0.25, 0.3) is 10.9 Å². The molecular formula is C19H27N3O5. The van der Waals surface area contributed by atoms with E-state index in [1.54, 1.807) is 46.0 Å². The van der Waals surface area contributed by atoms with Gasteiger partial charge < -0.3 is 14.2 Å². The molecule has 0 aliphatic heterocycles. The zero-order valence-electron chi connectivity index (χ0n) is 16.7. The van der Waals surface area contributed by atoms with Crippen LogP contribution in [0.2, 0.25) is 0 Å². The fourth-order valence-corrected chi connectivity index (χ4v) is 2.39. The number of hydrogen-bond donors (Lipinski definition) is 1. The molecule has 1 heterocycles. The lowest BCUT2D eigenvalue weighted by atomic mass is 10.2. The van der Waals surface area contributed by atoms with Crippen molar-refractivity contribution in [2.24, 2.45) is 0 Å². The molecule has 0 unspecified atom stereocenters. The lowest BCUT2D eigenvalue weighted by Crippen LogP contribution is -2.27. The van der Waals surface area contributed by atoms with Crippen LogP contribution >= 0.6 is 0 Å². The Balaban J connectivity index is 2.32. The molecule has 2 aromatic rings. The predicted octanol–water partition coefficient (Wildman–Crippen LogP) is 3.73. The molecule has 0 spiro atoms. The first-order chi connectivity index (χ1) is 12.6. The summed E-state index contributed by atoms with van der Waals surface area (Å²) in [5.74, 6) is 0.112.